The van der Waals surface area contributed by atoms with Gasteiger partial charge in [0.2, 0.25) is 0 Å². The molecule has 0 amide bonds. The molecule has 0 spiro atoms. The molecule has 3 unspecified atom stereocenters. The number of esters is 1. The molecule has 3 atom stereocenters. The first kappa shape index (κ1) is 59.4. The highest BCUT2D eigenvalue weighted by Crippen LogP contribution is 2.43. The lowest BCUT2D eigenvalue weighted by Gasteiger charge is -2.20. The Labute approximate surface area is 378 Å². The zero-order valence-electron chi connectivity index (χ0n) is 39.1. The number of phosphoric ester groups is 1. The normalized spacial score (nSPS) is 14.7. The molecule has 0 aromatic heterocycles. The minimum atomic E-state index is -4.54. The topological polar surface area (TPSA) is 132 Å². The van der Waals surface area contributed by atoms with Crippen LogP contribution in [-0.2, 0) is 27.9 Å². The monoisotopic (exact) mass is 889 g/mol. The highest BCUT2D eigenvalue weighted by molar-refractivity contribution is 7.47. The van der Waals surface area contributed by atoms with Crippen molar-refractivity contribution >= 4 is 13.8 Å². The van der Waals surface area contributed by atoms with Crippen molar-refractivity contribution in [3.63, 3.8) is 0 Å². The average molecular weight is 889 g/mol. The van der Waals surface area contributed by atoms with Crippen LogP contribution >= 0.6 is 7.82 Å². The molecule has 0 saturated heterocycles. The average Bonchev–Trinajstić information content (AvgIpc) is 3.26. The highest BCUT2D eigenvalue weighted by Gasteiger charge is 2.26. The van der Waals surface area contributed by atoms with Crippen molar-refractivity contribution in [1.29, 1.82) is 0 Å². The predicted molar refractivity (Wildman–Crippen MR) is 260 cm³/mol. The van der Waals surface area contributed by atoms with Crippen LogP contribution in [0, 0.1) is 0 Å². The Morgan fingerprint density at radius 1 is 0.516 bits per heavy atom. The fourth-order valence-electron chi connectivity index (χ4n) is 6.09. The lowest BCUT2D eigenvalue weighted by molar-refractivity contribution is -0.154. The fourth-order valence-corrected chi connectivity index (χ4v) is 6.88. The van der Waals surface area contributed by atoms with Gasteiger partial charge in [0, 0.05) is 13.0 Å². The molecule has 0 bridgehead atoms. The van der Waals surface area contributed by atoms with Crippen molar-refractivity contribution in [2.45, 2.75) is 193 Å². The number of ether oxygens (including phenoxy) is 2. The van der Waals surface area contributed by atoms with Crippen molar-refractivity contribution in [2.24, 2.45) is 0 Å². The Hall–Kier alpha value is -2.62. The third-order valence-corrected chi connectivity index (χ3v) is 10.7. The van der Waals surface area contributed by atoms with E-state index >= 15 is 0 Å². The van der Waals surface area contributed by atoms with Gasteiger partial charge in [-0.2, -0.15) is 0 Å². The number of allylic oxidation sites excluding steroid dienone is 16. The van der Waals surface area contributed by atoms with Gasteiger partial charge in [0.05, 0.1) is 26.4 Å². The van der Waals surface area contributed by atoms with E-state index in [9.17, 15) is 19.4 Å². The third-order valence-electron chi connectivity index (χ3n) is 9.75. The second-order valence-electron chi connectivity index (χ2n) is 15.7. The van der Waals surface area contributed by atoms with Crippen LogP contribution in [0.3, 0.4) is 0 Å². The summed E-state index contributed by atoms with van der Waals surface area (Å²) in [4.78, 5) is 22.7. The SMILES string of the molecule is CC/C=C\C/C=C\C/C=C\C/C=C\C/C=C\CCCCOCC(COP(=O)(O)OCC(O)CO)OC(=O)CCCCCCCCCC/C=C\C/C=C\C/C=C\CCCCCCC. The zero-order chi connectivity index (χ0) is 45.3. The molecular formula is C52H89O9P. The molecule has 10 heteroatoms. The van der Waals surface area contributed by atoms with E-state index in [1.807, 2.05) is 0 Å². The van der Waals surface area contributed by atoms with Crippen LogP contribution in [0.2, 0.25) is 0 Å². The van der Waals surface area contributed by atoms with Crippen molar-refractivity contribution in [2.75, 3.05) is 33.0 Å². The first-order valence-electron chi connectivity index (χ1n) is 24.2. The van der Waals surface area contributed by atoms with E-state index < -0.39 is 45.8 Å². The molecule has 0 aliphatic heterocycles. The molecule has 0 rings (SSSR count). The standard InChI is InChI=1S/C52H89O9P/c1-3-5-7-9-11-13-15-17-19-21-23-24-25-26-27-28-30-32-34-36-38-40-42-44-52(55)61-51(49-60-62(56,57)59-47-50(54)46-53)48-58-45-43-41-39-37-35-33-31-29-22-20-18-16-14-12-10-8-6-4-2/h6,8,12,14-15,17-18,20-21,23,25-26,29,31,35,37,50-51,53-54H,3-5,7,9-11,13,16,19,22,24,27-28,30,32-34,36,38-49H2,1-2H3,(H,56,57)/b8-6-,14-12-,17-15-,20-18-,23-21-,26-25-,31-29-,37-35-. The molecule has 9 nitrogen and oxygen atoms in total. The summed E-state index contributed by atoms with van der Waals surface area (Å²) in [5, 5.41) is 18.4. The van der Waals surface area contributed by atoms with E-state index in [0.717, 1.165) is 89.9 Å². The molecule has 62 heavy (non-hydrogen) atoms. The van der Waals surface area contributed by atoms with Crippen LogP contribution in [-0.4, -0.2) is 66.3 Å². The van der Waals surface area contributed by atoms with Gasteiger partial charge >= 0.3 is 13.8 Å². The summed E-state index contributed by atoms with van der Waals surface area (Å²) in [7, 11) is -4.54. The Kier molecular flexibility index (Phi) is 45.8. The second-order valence-corrected chi connectivity index (χ2v) is 17.2. The maximum absolute atomic E-state index is 12.7. The smallest absolute Gasteiger partial charge is 0.457 e. The lowest BCUT2D eigenvalue weighted by atomic mass is 10.1. The summed E-state index contributed by atoms with van der Waals surface area (Å²) in [5.41, 5.74) is 0. The van der Waals surface area contributed by atoms with Gasteiger partial charge < -0.3 is 24.6 Å². The Bertz CT molecular complexity index is 1280. The first-order chi connectivity index (χ1) is 30.3. The zero-order valence-corrected chi connectivity index (χ0v) is 39.9. The second kappa shape index (κ2) is 47.8. The van der Waals surface area contributed by atoms with Crippen molar-refractivity contribution in [3.05, 3.63) is 97.2 Å². The molecule has 0 fully saturated rings. The number of carbonyl (C=O) groups excluding carboxylic acids is 1. The van der Waals surface area contributed by atoms with Crippen molar-refractivity contribution in [3.8, 4) is 0 Å². The van der Waals surface area contributed by atoms with Crippen LogP contribution in [0.5, 0.6) is 0 Å². The summed E-state index contributed by atoms with van der Waals surface area (Å²) in [6.07, 6.45) is 60.9. The van der Waals surface area contributed by atoms with Gasteiger partial charge in [-0.05, 0) is 96.3 Å². The third kappa shape index (κ3) is 46.9. The molecule has 0 radical (unpaired) electrons. The van der Waals surface area contributed by atoms with E-state index in [0.29, 0.717) is 13.0 Å². The number of hydrogen-bond acceptors (Lipinski definition) is 8. The quantitative estimate of drug-likeness (QED) is 0.0237. The van der Waals surface area contributed by atoms with Gasteiger partial charge in [-0.25, -0.2) is 4.57 Å². The van der Waals surface area contributed by atoms with Gasteiger partial charge in [0.15, 0.2) is 0 Å². The summed E-state index contributed by atoms with van der Waals surface area (Å²) in [5.74, 6) is -0.408. The van der Waals surface area contributed by atoms with E-state index in [1.54, 1.807) is 0 Å². The van der Waals surface area contributed by atoms with Crippen LogP contribution in [0.25, 0.3) is 0 Å². The Balaban J connectivity index is 4.22. The first-order valence-corrected chi connectivity index (χ1v) is 25.7. The minimum absolute atomic E-state index is 0.0106. The summed E-state index contributed by atoms with van der Waals surface area (Å²) in [6.45, 7) is 3.26. The van der Waals surface area contributed by atoms with Crippen LogP contribution in [0.4, 0.5) is 0 Å². The van der Waals surface area contributed by atoms with Gasteiger partial charge in [0.1, 0.15) is 12.2 Å². The number of aliphatic hydroxyl groups excluding tert-OH is 2. The summed E-state index contributed by atoms with van der Waals surface area (Å²) in [6, 6.07) is 0. The molecule has 0 aromatic rings. The molecule has 0 saturated carbocycles. The molecule has 356 valence electrons. The van der Waals surface area contributed by atoms with Crippen LogP contribution in [0.1, 0.15) is 181 Å². The van der Waals surface area contributed by atoms with E-state index in [4.69, 9.17) is 23.6 Å². The number of phosphoric acid groups is 1. The van der Waals surface area contributed by atoms with Crippen molar-refractivity contribution in [1.82, 2.24) is 0 Å². The Morgan fingerprint density at radius 2 is 0.919 bits per heavy atom. The number of unbranched alkanes of at least 4 members (excludes halogenated alkanes) is 15. The van der Waals surface area contributed by atoms with E-state index in [1.165, 1.54) is 64.2 Å². The molecule has 0 aromatic carbocycles. The maximum Gasteiger partial charge on any atom is 0.472 e. The Morgan fingerprint density at radius 3 is 1.39 bits per heavy atom. The van der Waals surface area contributed by atoms with Crippen LogP contribution in [0.15, 0.2) is 97.2 Å². The van der Waals surface area contributed by atoms with Gasteiger partial charge in [-0.15, -0.1) is 0 Å². The van der Waals surface area contributed by atoms with Crippen molar-refractivity contribution < 1.29 is 43.0 Å². The van der Waals surface area contributed by atoms with E-state index in [2.05, 4.69) is 111 Å². The molecule has 3 N–H and O–H groups in total. The summed E-state index contributed by atoms with van der Waals surface area (Å²) < 4.78 is 33.4. The molecule has 0 aliphatic rings. The largest absolute Gasteiger partial charge is 0.472 e. The highest BCUT2D eigenvalue weighted by atomic mass is 31.2. The summed E-state index contributed by atoms with van der Waals surface area (Å²) >= 11 is 0. The minimum Gasteiger partial charge on any atom is -0.457 e. The van der Waals surface area contributed by atoms with Gasteiger partial charge in [-0.3, -0.25) is 13.8 Å². The molecule has 0 heterocycles. The van der Waals surface area contributed by atoms with Gasteiger partial charge in [0.25, 0.3) is 0 Å². The number of rotatable bonds is 45. The number of aliphatic hydroxyl groups is 2. The molecule has 0 aliphatic carbocycles. The lowest BCUT2D eigenvalue weighted by Crippen LogP contribution is -2.29. The number of hydrogen-bond donors (Lipinski definition) is 3. The van der Waals surface area contributed by atoms with Crippen LogP contribution < -0.4 is 0 Å². The predicted octanol–water partition coefficient (Wildman–Crippen LogP) is 14.0. The molecular weight excluding hydrogens is 800 g/mol. The number of carbonyl (C=O) groups is 1. The maximum atomic E-state index is 12.7. The van der Waals surface area contributed by atoms with E-state index in [-0.39, 0.29) is 13.0 Å². The van der Waals surface area contributed by atoms with Gasteiger partial charge in [-0.1, -0.05) is 175 Å². The fraction of sp³-hybridized carbons (Fsp3) is 0.673.